The quantitative estimate of drug-likeness (QED) is 0.650. The molecule has 26 heavy (non-hydrogen) atoms. The number of carbonyl (C=O) groups is 1. The van der Waals surface area contributed by atoms with Crippen molar-refractivity contribution in [3.05, 3.63) is 58.7 Å². The number of amides is 1. The second kappa shape index (κ2) is 7.12. The normalized spacial score (nSPS) is 14.8. The zero-order valence-electron chi connectivity index (χ0n) is 14.8. The van der Waals surface area contributed by atoms with Gasteiger partial charge < -0.3 is 5.32 Å². The van der Waals surface area contributed by atoms with Crippen LogP contribution >= 0.6 is 11.6 Å². The van der Waals surface area contributed by atoms with E-state index in [-0.39, 0.29) is 5.91 Å². The molecule has 1 amide bonds. The predicted molar refractivity (Wildman–Crippen MR) is 106 cm³/mol. The second-order valence-electron chi connectivity index (χ2n) is 6.88. The zero-order chi connectivity index (χ0) is 18.1. The lowest BCUT2D eigenvalue weighted by Crippen LogP contribution is -2.12. The Bertz CT molecular complexity index is 957. The molecule has 4 rings (SSSR count). The number of rotatable bonds is 4. The first kappa shape index (κ1) is 17.1. The highest BCUT2D eigenvalue weighted by Crippen LogP contribution is 2.33. The van der Waals surface area contributed by atoms with E-state index < -0.39 is 0 Å². The van der Waals surface area contributed by atoms with Gasteiger partial charge in [0.2, 0.25) is 0 Å². The molecule has 0 unspecified atom stereocenters. The first-order valence-corrected chi connectivity index (χ1v) is 9.61. The number of hydrogen-bond donors (Lipinski definition) is 1. The number of anilines is 1. The zero-order valence-corrected chi connectivity index (χ0v) is 15.6. The number of nitrogens with one attached hydrogen (secondary N) is 1. The minimum absolute atomic E-state index is 0.133. The van der Waals surface area contributed by atoms with E-state index in [1.54, 1.807) is 12.1 Å². The number of benzene rings is 2. The number of fused-ring (bicyclic) bond motifs is 1. The summed E-state index contributed by atoms with van der Waals surface area (Å²) in [5.74, 6) is -0.133. The first-order valence-electron chi connectivity index (χ1n) is 9.24. The molecule has 1 aliphatic carbocycles. The lowest BCUT2D eigenvalue weighted by molar-refractivity contribution is 0.102. The van der Waals surface area contributed by atoms with Gasteiger partial charge in [0.1, 0.15) is 0 Å². The van der Waals surface area contributed by atoms with Crippen molar-refractivity contribution in [2.45, 2.75) is 45.1 Å². The third-order valence-electron chi connectivity index (χ3n) is 5.13. The maximum Gasteiger partial charge on any atom is 0.255 e. The number of aromatic nitrogens is 2. The molecule has 0 atom stereocenters. The Labute approximate surface area is 158 Å². The SMILES string of the molecule is CCc1nn(C2CCCC2)c2cc(C(=O)Nc3cccc(Cl)c3)ccc12. The van der Waals surface area contributed by atoms with Crippen LogP contribution in [-0.2, 0) is 6.42 Å². The van der Waals surface area contributed by atoms with Gasteiger partial charge in [-0.2, -0.15) is 5.10 Å². The van der Waals surface area contributed by atoms with Crippen LogP contribution in [0.1, 0.15) is 54.7 Å². The van der Waals surface area contributed by atoms with Gasteiger partial charge in [0.15, 0.2) is 0 Å². The van der Waals surface area contributed by atoms with E-state index >= 15 is 0 Å². The topological polar surface area (TPSA) is 46.9 Å². The van der Waals surface area contributed by atoms with Crippen LogP contribution < -0.4 is 5.32 Å². The lowest BCUT2D eigenvalue weighted by atomic mass is 10.1. The maximum absolute atomic E-state index is 12.7. The van der Waals surface area contributed by atoms with Crippen molar-refractivity contribution in [1.29, 1.82) is 0 Å². The summed E-state index contributed by atoms with van der Waals surface area (Å²) in [5.41, 5.74) is 3.50. The Morgan fingerprint density at radius 2 is 2.04 bits per heavy atom. The molecule has 134 valence electrons. The highest BCUT2D eigenvalue weighted by Gasteiger charge is 2.22. The standard InChI is InChI=1S/C21H22ClN3O/c1-2-19-18-11-10-14(21(26)23-16-7-5-6-15(22)13-16)12-20(18)25(24-19)17-8-3-4-9-17/h5-7,10-13,17H,2-4,8-9H2,1H3,(H,23,26). The van der Waals surface area contributed by atoms with Crippen molar-refractivity contribution in [2.75, 3.05) is 5.32 Å². The van der Waals surface area contributed by atoms with E-state index in [9.17, 15) is 4.79 Å². The molecular formula is C21H22ClN3O. The average Bonchev–Trinajstić information content (AvgIpc) is 3.28. The highest BCUT2D eigenvalue weighted by atomic mass is 35.5. The number of aryl methyl sites for hydroxylation is 1. The molecule has 1 aromatic heterocycles. The van der Waals surface area contributed by atoms with Crippen molar-refractivity contribution in [1.82, 2.24) is 9.78 Å². The molecule has 1 fully saturated rings. The van der Waals surface area contributed by atoms with E-state index in [0.717, 1.165) is 23.0 Å². The van der Waals surface area contributed by atoms with Crippen molar-refractivity contribution in [2.24, 2.45) is 0 Å². The van der Waals surface area contributed by atoms with Crippen LogP contribution in [0, 0.1) is 0 Å². The summed E-state index contributed by atoms with van der Waals surface area (Å²) in [6.07, 6.45) is 5.73. The highest BCUT2D eigenvalue weighted by molar-refractivity contribution is 6.31. The van der Waals surface area contributed by atoms with Crippen LogP contribution in [0.5, 0.6) is 0 Å². The maximum atomic E-state index is 12.7. The molecule has 0 radical (unpaired) electrons. The molecule has 4 nitrogen and oxygen atoms in total. The van der Waals surface area contributed by atoms with Gasteiger partial charge in [0.25, 0.3) is 5.91 Å². The minimum Gasteiger partial charge on any atom is -0.322 e. The summed E-state index contributed by atoms with van der Waals surface area (Å²) in [5, 5.41) is 9.53. The molecule has 1 saturated carbocycles. The third kappa shape index (κ3) is 3.21. The molecule has 1 N–H and O–H groups in total. The molecular weight excluding hydrogens is 346 g/mol. The monoisotopic (exact) mass is 367 g/mol. The molecule has 5 heteroatoms. The van der Waals surface area contributed by atoms with Gasteiger partial charge in [-0.3, -0.25) is 9.48 Å². The molecule has 3 aromatic rings. The molecule has 0 aliphatic heterocycles. The van der Waals surface area contributed by atoms with E-state index in [2.05, 4.69) is 16.9 Å². The van der Waals surface area contributed by atoms with Gasteiger partial charge in [-0.15, -0.1) is 0 Å². The molecule has 0 bridgehead atoms. The van der Waals surface area contributed by atoms with Crippen LogP contribution in [0.15, 0.2) is 42.5 Å². The predicted octanol–water partition coefficient (Wildman–Crippen LogP) is 5.62. The Kier molecular flexibility index (Phi) is 4.68. The van der Waals surface area contributed by atoms with Gasteiger partial charge in [-0.1, -0.05) is 43.5 Å². The van der Waals surface area contributed by atoms with E-state index in [1.165, 1.54) is 25.7 Å². The Hall–Kier alpha value is -2.33. The van der Waals surface area contributed by atoms with Gasteiger partial charge in [-0.05, 0) is 49.6 Å². The summed E-state index contributed by atoms with van der Waals surface area (Å²) in [4.78, 5) is 12.7. The number of carbonyl (C=O) groups excluding carboxylic acids is 1. The van der Waals surface area contributed by atoms with Gasteiger partial charge in [0, 0.05) is 21.7 Å². The third-order valence-corrected chi connectivity index (χ3v) is 5.37. The van der Waals surface area contributed by atoms with E-state index in [1.807, 2.05) is 30.3 Å². The van der Waals surface area contributed by atoms with E-state index in [4.69, 9.17) is 16.7 Å². The molecule has 0 saturated heterocycles. The molecule has 1 heterocycles. The van der Waals surface area contributed by atoms with Crippen LogP contribution in [0.2, 0.25) is 5.02 Å². The molecule has 2 aromatic carbocycles. The summed E-state index contributed by atoms with van der Waals surface area (Å²) in [7, 11) is 0. The Morgan fingerprint density at radius 1 is 1.23 bits per heavy atom. The van der Waals surface area contributed by atoms with Crippen molar-refractivity contribution >= 4 is 34.1 Å². The second-order valence-corrected chi connectivity index (χ2v) is 7.32. The molecule has 0 spiro atoms. The minimum atomic E-state index is -0.133. The largest absolute Gasteiger partial charge is 0.322 e. The Balaban J connectivity index is 1.69. The van der Waals surface area contributed by atoms with Crippen molar-refractivity contribution in [3.63, 3.8) is 0 Å². The average molecular weight is 368 g/mol. The summed E-state index contributed by atoms with van der Waals surface area (Å²) >= 11 is 6.00. The first-order chi connectivity index (χ1) is 12.7. The van der Waals surface area contributed by atoms with Crippen molar-refractivity contribution < 1.29 is 4.79 Å². The fraction of sp³-hybridized carbons (Fsp3) is 0.333. The van der Waals surface area contributed by atoms with E-state index in [0.29, 0.717) is 22.3 Å². The summed E-state index contributed by atoms with van der Waals surface area (Å²) in [6, 6.07) is 13.5. The summed E-state index contributed by atoms with van der Waals surface area (Å²) in [6.45, 7) is 2.13. The fourth-order valence-corrected chi connectivity index (χ4v) is 3.99. The van der Waals surface area contributed by atoms with Crippen LogP contribution in [0.3, 0.4) is 0 Å². The van der Waals surface area contributed by atoms with Gasteiger partial charge in [0.05, 0.1) is 17.3 Å². The summed E-state index contributed by atoms with van der Waals surface area (Å²) < 4.78 is 2.15. The van der Waals surface area contributed by atoms with Crippen LogP contribution in [-0.4, -0.2) is 15.7 Å². The smallest absolute Gasteiger partial charge is 0.255 e. The van der Waals surface area contributed by atoms with Crippen LogP contribution in [0.25, 0.3) is 10.9 Å². The Morgan fingerprint density at radius 3 is 2.77 bits per heavy atom. The van der Waals surface area contributed by atoms with Crippen LogP contribution in [0.4, 0.5) is 5.69 Å². The number of hydrogen-bond acceptors (Lipinski definition) is 2. The molecule has 1 aliphatic rings. The number of halogens is 1. The van der Waals surface area contributed by atoms with Gasteiger partial charge in [-0.25, -0.2) is 0 Å². The number of nitrogens with zero attached hydrogens (tertiary/aromatic N) is 2. The van der Waals surface area contributed by atoms with Crippen molar-refractivity contribution in [3.8, 4) is 0 Å². The fourth-order valence-electron chi connectivity index (χ4n) is 3.80. The lowest BCUT2D eigenvalue weighted by Gasteiger charge is -2.12. The van der Waals surface area contributed by atoms with Gasteiger partial charge >= 0.3 is 0 Å².